The summed E-state index contributed by atoms with van der Waals surface area (Å²) in [5.41, 5.74) is 2.02. The number of halogens is 1. The second kappa shape index (κ2) is 5.51. The van der Waals surface area contributed by atoms with Gasteiger partial charge in [-0.1, -0.05) is 22.4 Å². The highest BCUT2D eigenvalue weighted by Gasteiger charge is 2.27. The number of rotatable bonds is 2. The maximum absolute atomic E-state index is 12.2. The van der Waals surface area contributed by atoms with Crippen molar-refractivity contribution in [2.75, 3.05) is 29.9 Å². The number of hydrogen-bond donors (Lipinski definition) is 2. The summed E-state index contributed by atoms with van der Waals surface area (Å²) in [5.74, 6) is 0.151. The minimum absolute atomic E-state index is 0.151. The van der Waals surface area contributed by atoms with Crippen LogP contribution in [0.15, 0.2) is 22.7 Å². The second-order valence-corrected chi connectivity index (χ2v) is 6.08. The van der Waals surface area contributed by atoms with E-state index in [-0.39, 0.29) is 5.91 Å². The average molecular weight is 324 g/mol. The Kier molecular flexibility index (Phi) is 3.75. The molecule has 1 aromatic rings. The van der Waals surface area contributed by atoms with E-state index in [2.05, 4.69) is 26.6 Å². The fraction of sp³-hybridized carbons (Fsp3) is 0.500. The van der Waals surface area contributed by atoms with E-state index in [9.17, 15) is 4.79 Å². The first-order chi connectivity index (χ1) is 9.24. The van der Waals surface area contributed by atoms with Gasteiger partial charge >= 0.3 is 0 Å². The van der Waals surface area contributed by atoms with Gasteiger partial charge in [-0.05, 0) is 37.6 Å². The van der Waals surface area contributed by atoms with Crippen LogP contribution in [0.5, 0.6) is 0 Å². The molecule has 2 heterocycles. The molecule has 1 atom stereocenters. The van der Waals surface area contributed by atoms with Gasteiger partial charge in [-0.15, -0.1) is 0 Å². The van der Waals surface area contributed by atoms with Crippen LogP contribution >= 0.6 is 15.9 Å². The van der Waals surface area contributed by atoms with E-state index >= 15 is 0 Å². The molecule has 0 aromatic heterocycles. The number of piperidine rings is 1. The highest BCUT2D eigenvalue weighted by Crippen LogP contribution is 2.32. The molecule has 3 rings (SSSR count). The average Bonchev–Trinajstić information content (AvgIpc) is 2.43. The number of nitrogens with zero attached hydrogens (tertiary/aromatic N) is 1. The first-order valence-electron chi connectivity index (χ1n) is 6.81. The Labute approximate surface area is 121 Å². The van der Waals surface area contributed by atoms with Crippen LogP contribution in [0, 0.1) is 0 Å². The number of hydrogen-bond acceptors (Lipinski definition) is 3. The van der Waals surface area contributed by atoms with Gasteiger partial charge in [-0.25, -0.2) is 0 Å². The fourth-order valence-electron chi connectivity index (χ4n) is 2.78. The van der Waals surface area contributed by atoms with Crippen molar-refractivity contribution >= 4 is 33.2 Å². The third-order valence-electron chi connectivity index (χ3n) is 3.80. The van der Waals surface area contributed by atoms with Gasteiger partial charge in [0.05, 0.1) is 17.9 Å². The van der Waals surface area contributed by atoms with E-state index < -0.39 is 0 Å². The largest absolute Gasteiger partial charge is 0.374 e. The molecule has 4 nitrogen and oxygen atoms in total. The Bertz CT molecular complexity index is 486. The van der Waals surface area contributed by atoms with E-state index in [4.69, 9.17) is 0 Å². The lowest BCUT2D eigenvalue weighted by Gasteiger charge is -2.34. The Hall–Kier alpha value is -1.07. The minimum atomic E-state index is 0.151. The molecule has 19 heavy (non-hydrogen) atoms. The molecule has 2 N–H and O–H groups in total. The third-order valence-corrected chi connectivity index (χ3v) is 4.29. The van der Waals surface area contributed by atoms with Crippen LogP contribution < -0.4 is 15.5 Å². The van der Waals surface area contributed by atoms with E-state index in [0.717, 1.165) is 35.4 Å². The van der Waals surface area contributed by atoms with E-state index in [1.54, 1.807) is 0 Å². The van der Waals surface area contributed by atoms with Gasteiger partial charge in [-0.2, -0.15) is 0 Å². The van der Waals surface area contributed by atoms with Crippen LogP contribution in [-0.2, 0) is 4.79 Å². The van der Waals surface area contributed by atoms with Crippen molar-refractivity contribution in [2.24, 2.45) is 0 Å². The summed E-state index contributed by atoms with van der Waals surface area (Å²) >= 11 is 3.48. The molecule has 0 spiro atoms. The highest BCUT2D eigenvalue weighted by molar-refractivity contribution is 9.10. The second-order valence-electron chi connectivity index (χ2n) is 5.17. The van der Waals surface area contributed by atoms with Gasteiger partial charge in [-0.3, -0.25) is 4.79 Å². The zero-order chi connectivity index (χ0) is 13.2. The van der Waals surface area contributed by atoms with Gasteiger partial charge in [0.25, 0.3) is 0 Å². The molecule has 0 aliphatic carbocycles. The van der Waals surface area contributed by atoms with Gasteiger partial charge in [0.1, 0.15) is 0 Å². The molecular weight excluding hydrogens is 306 g/mol. The number of amides is 1. The standard InChI is InChI=1S/C14H18BrN3O/c15-10-4-5-12-13(7-10)18(14(19)8-17-12)9-11-3-1-2-6-16-11/h4-5,7,11,16-17H,1-3,6,8-9H2. The molecule has 2 aliphatic rings. The van der Waals surface area contributed by atoms with Gasteiger partial charge < -0.3 is 15.5 Å². The molecule has 1 fully saturated rings. The van der Waals surface area contributed by atoms with Crippen molar-refractivity contribution in [1.29, 1.82) is 0 Å². The van der Waals surface area contributed by atoms with Crippen LogP contribution in [0.25, 0.3) is 0 Å². The van der Waals surface area contributed by atoms with Crippen molar-refractivity contribution in [3.05, 3.63) is 22.7 Å². The predicted molar refractivity (Wildman–Crippen MR) is 80.6 cm³/mol. The Morgan fingerprint density at radius 2 is 2.26 bits per heavy atom. The molecule has 1 saturated heterocycles. The summed E-state index contributed by atoms with van der Waals surface area (Å²) < 4.78 is 1.00. The van der Waals surface area contributed by atoms with E-state index in [0.29, 0.717) is 12.6 Å². The van der Waals surface area contributed by atoms with E-state index in [1.807, 2.05) is 23.1 Å². The smallest absolute Gasteiger partial charge is 0.246 e. The van der Waals surface area contributed by atoms with Gasteiger partial charge in [0.15, 0.2) is 0 Å². The molecule has 0 saturated carbocycles. The third kappa shape index (κ3) is 2.77. The first-order valence-corrected chi connectivity index (χ1v) is 7.60. The predicted octanol–water partition coefficient (Wildman–Crippen LogP) is 2.35. The van der Waals surface area contributed by atoms with Crippen LogP contribution in [-0.4, -0.2) is 31.6 Å². The normalized spacial score (nSPS) is 22.9. The zero-order valence-corrected chi connectivity index (χ0v) is 12.4. The van der Waals surface area contributed by atoms with Crippen molar-refractivity contribution in [2.45, 2.75) is 25.3 Å². The van der Waals surface area contributed by atoms with Gasteiger partial charge in [0, 0.05) is 17.1 Å². The molecular formula is C14H18BrN3O. The SMILES string of the molecule is O=C1CNc2ccc(Br)cc2N1CC1CCCCN1. The number of carbonyl (C=O) groups excluding carboxylic acids is 1. The van der Waals surface area contributed by atoms with Crippen LogP contribution in [0.4, 0.5) is 11.4 Å². The van der Waals surface area contributed by atoms with Crippen molar-refractivity contribution in [3.63, 3.8) is 0 Å². The summed E-state index contributed by atoms with van der Waals surface area (Å²) in [6, 6.07) is 6.45. The summed E-state index contributed by atoms with van der Waals surface area (Å²) in [6.07, 6.45) is 3.65. The molecule has 1 aromatic carbocycles. The zero-order valence-electron chi connectivity index (χ0n) is 10.8. The number of fused-ring (bicyclic) bond motifs is 1. The molecule has 2 aliphatic heterocycles. The highest BCUT2D eigenvalue weighted by atomic mass is 79.9. The number of nitrogens with one attached hydrogen (secondary N) is 2. The molecule has 102 valence electrons. The van der Waals surface area contributed by atoms with Crippen molar-refractivity contribution < 1.29 is 4.79 Å². The van der Waals surface area contributed by atoms with Crippen molar-refractivity contribution in [3.8, 4) is 0 Å². The molecule has 0 radical (unpaired) electrons. The quantitative estimate of drug-likeness (QED) is 0.878. The molecule has 1 amide bonds. The van der Waals surface area contributed by atoms with E-state index in [1.165, 1.54) is 12.8 Å². The Balaban J connectivity index is 1.83. The first kappa shape index (κ1) is 12.9. The summed E-state index contributed by atoms with van der Waals surface area (Å²) in [4.78, 5) is 14.1. The number of anilines is 2. The molecule has 5 heteroatoms. The number of carbonyl (C=O) groups is 1. The monoisotopic (exact) mass is 323 g/mol. The molecule has 1 unspecified atom stereocenters. The summed E-state index contributed by atoms with van der Waals surface area (Å²) in [6.45, 7) is 2.22. The lowest BCUT2D eigenvalue weighted by atomic mass is 10.0. The van der Waals surface area contributed by atoms with Crippen LogP contribution in [0.3, 0.4) is 0 Å². The summed E-state index contributed by atoms with van der Waals surface area (Å²) in [7, 11) is 0. The Morgan fingerprint density at radius 3 is 3.05 bits per heavy atom. The Morgan fingerprint density at radius 1 is 1.37 bits per heavy atom. The number of benzene rings is 1. The van der Waals surface area contributed by atoms with Crippen LogP contribution in [0.1, 0.15) is 19.3 Å². The fourth-order valence-corrected chi connectivity index (χ4v) is 3.13. The lowest BCUT2D eigenvalue weighted by molar-refractivity contribution is -0.117. The maximum atomic E-state index is 12.2. The van der Waals surface area contributed by atoms with Crippen LogP contribution in [0.2, 0.25) is 0 Å². The lowest BCUT2D eigenvalue weighted by Crippen LogP contribution is -2.49. The molecule has 0 bridgehead atoms. The minimum Gasteiger partial charge on any atom is -0.374 e. The summed E-state index contributed by atoms with van der Waals surface area (Å²) in [5, 5.41) is 6.68. The maximum Gasteiger partial charge on any atom is 0.246 e. The van der Waals surface area contributed by atoms with Gasteiger partial charge in [0.2, 0.25) is 5.91 Å². The topological polar surface area (TPSA) is 44.4 Å². The van der Waals surface area contributed by atoms with Crippen molar-refractivity contribution in [1.82, 2.24) is 5.32 Å².